The maximum absolute atomic E-state index is 11.0. The van der Waals surface area contributed by atoms with Gasteiger partial charge in [0.25, 0.3) is 0 Å². The standard InChI is InChI=1S/C14H15NO2/c1-15-13(14(16)17)9-11-8-7-10-5-3-2-4-6-12(10)11/h2-8,13,15H,9H2,1H3,(H,16,17). The van der Waals surface area contributed by atoms with Crippen LogP contribution in [0.3, 0.4) is 0 Å². The number of carboxylic acid groups (broad SMARTS) is 1. The van der Waals surface area contributed by atoms with Crippen LogP contribution >= 0.6 is 0 Å². The molecule has 1 atom stereocenters. The van der Waals surface area contributed by atoms with Crippen molar-refractivity contribution in [3.8, 4) is 11.1 Å². The molecule has 2 rings (SSSR count). The number of hydrogen-bond acceptors (Lipinski definition) is 2. The van der Waals surface area contributed by atoms with Gasteiger partial charge < -0.3 is 10.4 Å². The molecule has 0 radical (unpaired) electrons. The first-order valence-corrected chi connectivity index (χ1v) is 5.59. The molecule has 88 valence electrons. The molecule has 0 aromatic carbocycles. The van der Waals surface area contributed by atoms with E-state index in [1.807, 2.05) is 42.5 Å². The molecular weight excluding hydrogens is 214 g/mol. The Labute approximate surface area is 100 Å². The van der Waals surface area contributed by atoms with Crippen molar-refractivity contribution < 1.29 is 9.90 Å². The van der Waals surface area contributed by atoms with Gasteiger partial charge in [0.05, 0.1) is 0 Å². The summed E-state index contributed by atoms with van der Waals surface area (Å²) in [7, 11) is 1.67. The van der Waals surface area contributed by atoms with Gasteiger partial charge >= 0.3 is 5.97 Å². The lowest BCUT2D eigenvalue weighted by molar-refractivity contribution is -0.139. The summed E-state index contributed by atoms with van der Waals surface area (Å²) in [6, 6.07) is 13.5. The third-order valence-corrected chi connectivity index (χ3v) is 2.95. The van der Waals surface area contributed by atoms with Crippen molar-refractivity contribution in [1.82, 2.24) is 5.32 Å². The van der Waals surface area contributed by atoms with Gasteiger partial charge in [0.1, 0.15) is 6.04 Å². The number of rotatable bonds is 4. The van der Waals surface area contributed by atoms with Gasteiger partial charge in [0.15, 0.2) is 0 Å². The van der Waals surface area contributed by atoms with Crippen molar-refractivity contribution >= 4 is 5.97 Å². The smallest absolute Gasteiger partial charge is 0.321 e. The molecule has 0 spiro atoms. The second-order valence-corrected chi connectivity index (χ2v) is 4.02. The summed E-state index contributed by atoms with van der Waals surface area (Å²) in [4.78, 5) is 11.0. The molecule has 0 bridgehead atoms. The van der Waals surface area contributed by atoms with Crippen LogP contribution in [0.5, 0.6) is 0 Å². The van der Waals surface area contributed by atoms with E-state index in [9.17, 15) is 4.79 Å². The predicted octanol–water partition coefficient (Wildman–Crippen LogP) is 2.01. The number of hydrogen-bond donors (Lipinski definition) is 2. The van der Waals surface area contributed by atoms with E-state index in [-0.39, 0.29) is 0 Å². The summed E-state index contributed by atoms with van der Waals surface area (Å²) in [6.45, 7) is 0. The van der Waals surface area contributed by atoms with Crippen LogP contribution in [-0.4, -0.2) is 24.2 Å². The van der Waals surface area contributed by atoms with E-state index >= 15 is 0 Å². The van der Waals surface area contributed by atoms with Gasteiger partial charge in [-0.3, -0.25) is 4.79 Å². The highest BCUT2D eigenvalue weighted by Gasteiger charge is 2.18. The summed E-state index contributed by atoms with van der Waals surface area (Å²) >= 11 is 0. The van der Waals surface area contributed by atoms with E-state index in [2.05, 4.69) is 5.32 Å². The van der Waals surface area contributed by atoms with Gasteiger partial charge in [-0.2, -0.15) is 0 Å². The number of fused-ring (bicyclic) bond motifs is 1. The van der Waals surface area contributed by atoms with E-state index < -0.39 is 12.0 Å². The van der Waals surface area contributed by atoms with Gasteiger partial charge in [0, 0.05) is 0 Å². The van der Waals surface area contributed by atoms with Crippen LogP contribution in [0.1, 0.15) is 5.56 Å². The van der Waals surface area contributed by atoms with Gasteiger partial charge in [-0.15, -0.1) is 0 Å². The summed E-state index contributed by atoms with van der Waals surface area (Å²) in [5, 5.41) is 11.8. The van der Waals surface area contributed by atoms with Crippen LogP contribution in [-0.2, 0) is 11.2 Å². The van der Waals surface area contributed by atoms with Crippen LogP contribution in [0.15, 0.2) is 42.5 Å². The van der Waals surface area contributed by atoms with Crippen molar-refractivity contribution in [1.29, 1.82) is 0 Å². The van der Waals surface area contributed by atoms with Crippen molar-refractivity contribution in [3.63, 3.8) is 0 Å². The summed E-state index contributed by atoms with van der Waals surface area (Å²) in [5.74, 6) is -0.817. The molecule has 1 unspecified atom stereocenters. The number of carbonyl (C=O) groups is 1. The molecule has 17 heavy (non-hydrogen) atoms. The zero-order chi connectivity index (χ0) is 12.3. The molecule has 2 aliphatic carbocycles. The molecule has 3 nitrogen and oxygen atoms in total. The van der Waals surface area contributed by atoms with E-state index in [1.165, 1.54) is 0 Å². The van der Waals surface area contributed by atoms with Crippen LogP contribution in [0, 0.1) is 0 Å². The molecule has 0 saturated carbocycles. The number of aliphatic carboxylic acids is 1. The minimum absolute atomic E-state index is 0.499. The third-order valence-electron chi connectivity index (χ3n) is 2.95. The quantitative estimate of drug-likeness (QED) is 0.843. The minimum Gasteiger partial charge on any atom is -0.480 e. The van der Waals surface area contributed by atoms with Crippen molar-refractivity contribution in [2.24, 2.45) is 0 Å². The summed E-state index contributed by atoms with van der Waals surface area (Å²) in [6.07, 6.45) is 0.499. The predicted molar refractivity (Wildman–Crippen MR) is 67.3 cm³/mol. The Hall–Kier alpha value is -1.87. The fraction of sp³-hybridized carbons (Fsp3) is 0.214. The second-order valence-electron chi connectivity index (χ2n) is 4.02. The lowest BCUT2D eigenvalue weighted by Crippen LogP contribution is -2.35. The molecule has 0 amide bonds. The molecule has 0 fully saturated rings. The van der Waals surface area contributed by atoms with Crippen molar-refractivity contribution in [2.45, 2.75) is 12.5 Å². The normalized spacial score (nSPS) is 12.5. The Morgan fingerprint density at radius 2 is 2.00 bits per heavy atom. The molecule has 0 aromatic rings. The van der Waals surface area contributed by atoms with E-state index in [0.717, 1.165) is 16.7 Å². The third kappa shape index (κ3) is 2.45. The molecule has 0 saturated heterocycles. The summed E-state index contributed by atoms with van der Waals surface area (Å²) < 4.78 is 0. The van der Waals surface area contributed by atoms with Crippen LogP contribution in [0.25, 0.3) is 11.1 Å². The lowest BCUT2D eigenvalue weighted by Gasteiger charge is -2.11. The fourth-order valence-corrected chi connectivity index (χ4v) is 1.99. The maximum atomic E-state index is 11.0. The SMILES string of the molecule is CNC(Cc1ccc2cccccc1-2)C(=O)O. The Bertz CT molecular complexity index is 496. The highest BCUT2D eigenvalue weighted by molar-refractivity contribution is 5.76. The topological polar surface area (TPSA) is 49.3 Å². The van der Waals surface area contributed by atoms with Crippen molar-refractivity contribution in [2.75, 3.05) is 7.05 Å². The summed E-state index contributed by atoms with van der Waals surface area (Å²) in [5.41, 5.74) is 3.33. The van der Waals surface area contributed by atoms with Crippen molar-refractivity contribution in [3.05, 3.63) is 48.0 Å². The van der Waals surface area contributed by atoms with E-state index in [0.29, 0.717) is 6.42 Å². The first kappa shape index (κ1) is 11.6. The highest BCUT2D eigenvalue weighted by atomic mass is 16.4. The van der Waals surface area contributed by atoms with Crippen LogP contribution in [0.2, 0.25) is 0 Å². The van der Waals surface area contributed by atoms with Gasteiger partial charge in [-0.1, -0.05) is 42.5 Å². The second kappa shape index (κ2) is 4.97. The molecule has 0 aromatic heterocycles. The largest absolute Gasteiger partial charge is 0.480 e. The first-order chi connectivity index (χ1) is 8.22. The van der Waals surface area contributed by atoms with Gasteiger partial charge in [-0.25, -0.2) is 0 Å². The minimum atomic E-state index is -0.817. The Morgan fingerprint density at radius 1 is 1.24 bits per heavy atom. The average molecular weight is 229 g/mol. The fourth-order valence-electron chi connectivity index (χ4n) is 1.99. The molecule has 0 aliphatic heterocycles. The van der Waals surface area contributed by atoms with Gasteiger partial charge in [0.2, 0.25) is 0 Å². The molecule has 2 N–H and O–H groups in total. The average Bonchev–Trinajstić information content (AvgIpc) is 2.54. The monoisotopic (exact) mass is 229 g/mol. The lowest BCUT2D eigenvalue weighted by atomic mass is 10.0. The molecule has 3 heteroatoms. The maximum Gasteiger partial charge on any atom is 0.321 e. The Balaban J connectivity index is 2.30. The van der Waals surface area contributed by atoms with E-state index in [4.69, 9.17) is 5.11 Å². The highest BCUT2D eigenvalue weighted by Crippen LogP contribution is 2.27. The first-order valence-electron chi connectivity index (χ1n) is 5.59. The Kier molecular flexibility index (Phi) is 3.40. The van der Waals surface area contributed by atoms with E-state index in [1.54, 1.807) is 7.05 Å². The number of likely N-dealkylation sites (N-methyl/N-ethyl adjacent to an activating group) is 1. The van der Waals surface area contributed by atoms with Crippen LogP contribution in [0.4, 0.5) is 0 Å². The van der Waals surface area contributed by atoms with Gasteiger partial charge in [-0.05, 0) is 30.2 Å². The molecule has 0 heterocycles. The number of carboxylic acids is 1. The molecular formula is C14H15NO2. The Morgan fingerprint density at radius 3 is 2.71 bits per heavy atom. The van der Waals surface area contributed by atoms with Crippen LogP contribution < -0.4 is 5.32 Å². The molecule has 2 aliphatic rings. The zero-order valence-electron chi connectivity index (χ0n) is 9.68. The zero-order valence-corrected chi connectivity index (χ0v) is 9.68. The number of nitrogens with one attached hydrogen (secondary N) is 1.